The zero-order valence-electron chi connectivity index (χ0n) is 15.0. The molecular formula is C19H28N4OS. The third-order valence-corrected chi connectivity index (χ3v) is 7.92. The Kier molecular flexibility index (Phi) is 3.88. The zero-order valence-corrected chi connectivity index (χ0v) is 15.9. The number of nitrogens with zero attached hydrogens (tertiary/aromatic N) is 3. The van der Waals surface area contributed by atoms with Gasteiger partial charge < -0.3 is 9.88 Å². The highest BCUT2D eigenvalue weighted by Gasteiger charge is 2.51. The highest BCUT2D eigenvalue weighted by atomic mass is 32.2. The summed E-state index contributed by atoms with van der Waals surface area (Å²) < 4.78 is 2.13. The Labute approximate surface area is 153 Å². The van der Waals surface area contributed by atoms with Crippen LogP contribution in [0.3, 0.4) is 0 Å². The van der Waals surface area contributed by atoms with Crippen molar-refractivity contribution in [3.05, 3.63) is 5.82 Å². The lowest BCUT2D eigenvalue weighted by Gasteiger charge is -2.56. The van der Waals surface area contributed by atoms with E-state index in [0.29, 0.717) is 17.2 Å². The molecule has 0 atom stereocenters. The van der Waals surface area contributed by atoms with Gasteiger partial charge in [-0.05, 0) is 74.5 Å². The normalized spacial score (nSPS) is 36.0. The first-order valence-electron chi connectivity index (χ1n) is 9.89. The van der Waals surface area contributed by atoms with Crippen LogP contribution in [0.4, 0.5) is 0 Å². The first-order valence-corrected chi connectivity index (χ1v) is 10.9. The summed E-state index contributed by atoms with van der Waals surface area (Å²) in [5, 5.41) is 12.8. The maximum Gasteiger partial charge on any atom is 0.230 e. The monoisotopic (exact) mass is 360 g/mol. The summed E-state index contributed by atoms with van der Waals surface area (Å²) in [6.07, 6.45) is 12.0. The summed E-state index contributed by atoms with van der Waals surface area (Å²) in [6.45, 7) is 0. The number of hydrogen-bond acceptors (Lipinski definition) is 4. The first kappa shape index (κ1) is 16.2. The van der Waals surface area contributed by atoms with Gasteiger partial charge in [-0.2, -0.15) is 0 Å². The van der Waals surface area contributed by atoms with Crippen molar-refractivity contribution in [3.8, 4) is 0 Å². The Morgan fingerprint density at radius 1 is 1.16 bits per heavy atom. The summed E-state index contributed by atoms with van der Waals surface area (Å²) in [5.74, 6) is 4.60. The molecule has 0 radical (unpaired) electrons. The van der Waals surface area contributed by atoms with Crippen LogP contribution in [-0.4, -0.2) is 32.5 Å². The lowest BCUT2D eigenvalue weighted by Crippen LogP contribution is -2.47. The van der Waals surface area contributed by atoms with E-state index in [1.807, 2.05) is 0 Å². The van der Waals surface area contributed by atoms with E-state index in [2.05, 4.69) is 27.1 Å². The maximum absolute atomic E-state index is 11.9. The van der Waals surface area contributed by atoms with E-state index in [0.717, 1.165) is 48.0 Å². The molecule has 1 aromatic heterocycles. The molecule has 1 amide bonds. The summed E-state index contributed by atoms with van der Waals surface area (Å²) in [6, 6.07) is 0.430. The zero-order chi connectivity index (χ0) is 17.0. The van der Waals surface area contributed by atoms with E-state index in [9.17, 15) is 4.79 Å². The molecule has 5 aliphatic carbocycles. The number of carbonyl (C=O) groups excluding carboxylic acids is 1. The number of hydrogen-bond donors (Lipinski definition) is 1. The Morgan fingerprint density at radius 2 is 1.80 bits per heavy atom. The van der Waals surface area contributed by atoms with Gasteiger partial charge in [-0.3, -0.25) is 4.79 Å². The van der Waals surface area contributed by atoms with E-state index in [-0.39, 0.29) is 5.91 Å². The van der Waals surface area contributed by atoms with Crippen molar-refractivity contribution in [2.24, 2.45) is 30.2 Å². The van der Waals surface area contributed by atoms with Gasteiger partial charge in [0.15, 0.2) is 5.16 Å². The van der Waals surface area contributed by atoms with Crippen molar-refractivity contribution in [2.45, 2.75) is 69.0 Å². The van der Waals surface area contributed by atoms with Crippen molar-refractivity contribution in [2.75, 3.05) is 5.75 Å². The Bertz CT molecular complexity index is 646. The Balaban J connectivity index is 1.24. The van der Waals surface area contributed by atoms with Gasteiger partial charge in [0.05, 0.1) is 5.75 Å². The van der Waals surface area contributed by atoms with Crippen molar-refractivity contribution in [1.82, 2.24) is 20.1 Å². The maximum atomic E-state index is 11.9. The predicted molar refractivity (Wildman–Crippen MR) is 97.2 cm³/mol. The van der Waals surface area contributed by atoms with E-state index >= 15 is 0 Å². The summed E-state index contributed by atoms with van der Waals surface area (Å²) in [7, 11) is 2.07. The minimum absolute atomic E-state index is 0.123. The van der Waals surface area contributed by atoms with Gasteiger partial charge in [0.1, 0.15) is 5.82 Å². The van der Waals surface area contributed by atoms with Crippen LogP contribution in [0, 0.1) is 23.2 Å². The number of carbonyl (C=O) groups is 1. The molecule has 5 nitrogen and oxygen atoms in total. The molecule has 6 rings (SSSR count). The molecule has 5 saturated carbocycles. The van der Waals surface area contributed by atoms with Crippen LogP contribution in [0.1, 0.15) is 57.2 Å². The van der Waals surface area contributed by atoms with Crippen molar-refractivity contribution >= 4 is 17.7 Å². The number of aromatic nitrogens is 3. The molecule has 5 aliphatic rings. The van der Waals surface area contributed by atoms with Crippen LogP contribution in [-0.2, 0) is 18.3 Å². The van der Waals surface area contributed by atoms with Gasteiger partial charge in [-0.1, -0.05) is 11.8 Å². The second kappa shape index (κ2) is 6.00. The average molecular weight is 361 g/mol. The molecule has 4 bridgehead atoms. The lowest BCUT2D eigenvalue weighted by atomic mass is 9.49. The number of thioether (sulfide) groups is 1. The fourth-order valence-electron chi connectivity index (χ4n) is 6.09. The van der Waals surface area contributed by atoms with Gasteiger partial charge in [0.2, 0.25) is 5.91 Å². The van der Waals surface area contributed by atoms with Crippen molar-refractivity contribution in [3.63, 3.8) is 0 Å². The quantitative estimate of drug-likeness (QED) is 0.793. The minimum atomic E-state index is 0.123. The standard InChI is InChI=1S/C19H28N4OS/c1-23-16(21-22-18(23)25-11-17(24)20-15-2-3-15)10-19-7-12-4-13(8-19)6-14(5-12)9-19/h12-15H,2-11H2,1H3,(H,20,24). The second-order valence-corrected chi connectivity index (χ2v) is 10.1. The molecule has 1 aromatic rings. The van der Waals surface area contributed by atoms with Crippen molar-refractivity contribution < 1.29 is 4.79 Å². The number of nitrogens with one attached hydrogen (secondary N) is 1. The summed E-state index contributed by atoms with van der Waals surface area (Å²) in [5.41, 5.74) is 0.487. The van der Waals surface area contributed by atoms with Crippen LogP contribution in [0.25, 0.3) is 0 Å². The summed E-state index contributed by atoms with van der Waals surface area (Å²) >= 11 is 1.52. The minimum Gasteiger partial charge on any atom is -0.353 e. The second-order valence-electron chi connectivity index (χ2n) is 9.18. The van der Waals surface area contributed by atoms with Gasteiger partial charge in [0.25, 0.3) is 0 Å². The largest absolute Gasteiger partial charge is 0.353 e. The molecule has 0 saturated heterocycles. The van der Waals surface area contributed by atoms with E-state index < -0.39 is 0 Å². The van der Waals surface area contributed by atoms with Crippen LogP contribution in [0.5, 0.6) is 0 Å². The molecule has 136 valence electrons. The van der Waals surface area contributed by atoms with Gasteiger partial charge in [-0.25, -0.2) is 0 Å². The first-order chi connectivity index (χ1) is 12.1. The molecule has 6 heteroatoms. The molecule has 0 spiro atoms. The Hall–Kier alpha value is -1.04. The third-order valence-electron chi connectivity index (χ3n) is 6.90. The SMILES string of the molecule is Cn1c(CC23CC4CC(CC(C4)C2)C3)nnc1SCC(=O)NC1CC1. The van der Waals surface area contributed by atoms with Crippen LogP contribution >= 0.6 is 11.8 Å². The van der Waals surface area contributed by atoms with E-state index in [1.54, 1.807) is 0 Å². The highest BCUT2D eigenvalue weighted by Crippen LogP contribution is 2.60. The predicted octanol–water partition coefficient (Wildman–Crippen LogP) is 2.94. The fourth-order valence-corrected chi connectivity index (χ4v) is 6.83. The molecular weight excluding hydrogens is 332 g/mol. The van der Waals surface area contributed by atoms with Crippen LogP contribution in [0.15, 0.2) is 5.16 Å². The molecule has 1 heterocycles. The lowest BCUT2D eigenvalue weighted by molar-refractivity contribution is -0.118. The topological polar surface area (TPSA) is 59.8 Å². The van der Waals surface area contributed by atoms with Crippen LogP contribution < -0.4 is 5.32 Å². The summed E-state index contributed by atoms with van der Waals surface area (Å²) in [4.78, 5) is 11.9. The fraction of sp³-hybridized carbons (Fsp3) is 0.842. The molecule has 0 unspecified atom stereocenters. The average Bonchev–Trinajstić information content (AvgIpc) is 3.29. The number of amides is 1. The van der Waals surface area contributed by atoms with Crippen LogP contribution in [0.2, 0.25) is 0 Å². The molecule has 25 heavy (non-hydrogen) atoms. The highest BCUT2D eigenvalue weighted by molar-refractivity contribution is 7.99. The molecule has 0 aromatic carbocycles. The number of rotatable bonds is 6. The molecule has 0 aliphatic heterocycles. The Morgan fingerprint density at radius 3 is 2.40 bits per heavy atom. The molecule has 5 fully saturated rings. The van der Waals surface area contributed by atoms with Crippen molar-refractivity contribution in [1.29, 1.82) is 0 Å². The smallest absolute Gasteiger partial charge is 0.230 e. The van der Waals surface area contributed by atoms with Gasteiger partial charge in [0, 0.05) is 19.5 Å². The molecule has 1 N–H and O–H groups in total. The van der Waals surface area contributed by atoms with Gasteiger partial charge >= 0.3 is 0 Å². The van der Waals surface area contributed by atoms with E-state index in [1.165, 1.54) is 50.3 Å². The third kappa shape index (κ3) is 3.22. The van der Waals surface area contributed by atoms with Gasteiger partial charge in [-0.15, -0.1) is 10.2 Å². The van der Waals surface area contributed by atoms with E-state index in [4.69, 9.17) is 0 Å².